The lowest BCUT2D eigenvalue weighted by atomic mass is 10.0. The molecule has 0 heterocycles. The molecule has 0 aliphatic heterocycles. The fraction of sp³-hybridized carbons (Fsp3) is 0.211. The van der Waals surface area contributed by atoms with Gasteiger partial charge in [-0.2, -0.15) is 0 Å². The summed E-state index contributed by atoms with van der Waals surface area (Å²) in [7, 11) is 1.26. The predicted octanol–water partition coefficient (Wildman–Crippen LogP) is 2.62. The Morgan fingerprint density at radius 2 is 1.40 bits per heavy atom. The molecule has 0 atom stereocenters. The van der Waals surface area contributed by atoms with Gasteiger partial charge >= 0.3 is 5.97 Å². The number of methoxy groups -OCH3 is 1. The zero-order valence-corrected chi connectivity index (χ0v) is 14.3. The van der Waals surface area contributed by atoms with E-state index in [0.717, 1.165) is 0 Å². The minimum Gasteiger partial charge on any atom is -0.467 e. The molecule has 0 saturated carbocycles. The molecule has 0 bridgehead atoms. The Hall–Kier alpha value is -3.15. The SMILES string of the molecule is COC(=O)C(C)(C)NC(=O)c1ccc(NC(=O)c2ccccc2)cc1. The fourth-order valence-electron chi connectivity index (χ4n) is 2.16. The van der Waals surface area contributed by atoms with Gasteiger partial charge in [0.25, 0.3) is 11.8 Å². The molecule has 2 aromatic rings. The zero-order chi connectivity index (χ0) is 18.4. The lowest BCUT2D eigenvalue weighted by molar-refractivity contribution is -0.146. The number of esters is 1. The van der Waals surface area contributed by atoms with Crippen LogP contribution in [0.15, 0.2) is 54.6 Å². The third kappa shape index (κ3) is 4.67. The molecule has 2 rings (SSSR count). The molecule has 6 heteroatoms. The van der Waals surface area contributed by atoms with Gasteiger partial charge in [0.2, 0.25) is 0 Å². The van der Waals surface area contributed by atoms with Gasteiger partial charge in [-0.3, -0.25) is 9.59 Å². The predicted molar refractivity (Wildman–Crippen MR) is 94.4 cm³/mol. The van der Waals surface area contributed by atoms with Crippen molar-refractivity contribution in [2.24, 2.45) is 0 Å². The Bertz CT molecular complexity index is 768. The van der Waals surface area contributed by atoms with E-state index >= 15 is 0 Å². The van der Waals surface area contributed by atoms with Gasteiger partial charge in [-0.1, -0.05) is 18.2 Å². The summed E-state index contributed by atoms with van der Waals surface area (Å²) in [5.41, 5.74) is 0.350. The summed E-state index contributed by atoms with van der Waals surface area (Å²) in [6, 6.07) is 15.2. The normalized spacial score (nSPS) is 10.7. The summed E-state index contributed by atoms with van der Waals surface area (Å²) < 4.78 is 4.66. The number of nitrogens with one attached hydrogen (secondary N) is 2. The molecule has 25 heavy (non-hydrogen) atoms. The molecule has 0 aromatic heterocycles. The van der Waals surface area contributed by atoms with Crippen LogP contribution >= 0.6 is 0 Å². The average molecular weight is 340 g/mol. The number of benzene rings is 2. The molecule has 0 aliphatic rings. The number of rotatable bonds is 5. The van der Waals surface area contributed by atoms with E-state index in [-0.39, 0.29) is 5.91 Å². The first-order chi connectivity index (χ1) is 11.8. The molecule has 6 nitrogen and oxygen atoms in total. The smallest absolute Gasteiger partial charge is 0.330 e. The van der Waals surface area contributed by atoms with Crippen LogP contribution in [0.2, 0.25) is 0 Å². The second kappa shape index (κ2) is 7.61. The van der Waals surface area contributed by atoms with Crippen molar-refractivity contribution in [3.63, 3.8) is 0 Å². The van der Waals surface area contributed by atoms with Gasteiger partial charge in [-0.05, 0) is 50.2 Å². The topological polar surface area (TPSA) is 84.5 Å². The summed E-state index contributed by atoms with van der Waals surface area (Å²) >= 11 is 0. The van der Waals surface area contributed by atoms with Crippen molar-refractivity contribution in [3.8, 4) is 0 Å². The highest BCUT2D eigenvalue weighted by molar-refractivity contribution is 6.04. The Labute approximate surface area is 146 Å². The molecule has 0 radical (unpaired) electrons. The number of hydrogen-bond donors (Lipinski definition) is 2. The Morgan fingerprint density at radius 3 is 1.96 bits per heavy atom. The standard InChI is InChI=1S/C19H20N2O4/c1-19(2,18(24)25-3)21-17(23)14-9-11-15(12-10-14)20-16(22)13-7-5-4-6-8-13/h4-12H,1-3H3,(H,20,22)(H,21,23). The van der Waals surface area contributed by atoms with Gasteiger partial charge in [-0.25, -0.2) is 4.79 Å². The van der Waals surface area contributed by atoms with Gasteiger partial charge < -0.3 is 15.4 Å². The highest BCUT2D eigenvalue weighted by atomic mass is 16.5. The van der Waals surface area contributed by atoms with Crippen LogP contribution in [0.3, 0.4) is 0 Å². The molecule has 0 unspecified atom stereocenters. The van der Waals surface area contributed by atoms with Crippen LogP contribution < -0.4 is 10.6 Å². The minimum absolute atomic E-state index is 0.232. The van der Waals surface area contributed by atoms with Gasteiger partial charge in [0, 0.05) is 16.8 Å². The number of anilines is 1. The zero-order valence-electron chi connectivity index (χ0n) is 14.3. The molecule has 0 aliphatic carbocycles. The van der Waals surface area contributed by atoms with Crippen LogP contribution in [0.25, 0.3) is 0 Å². The van der Waals surface area contributed by atoms with E-state index < -0.39 is 17.4 Å². The molecule has 2 N–H and O–H groups in total. The molecule has 0 fully saturated rings. The molecule has 130 valence electrons. The average Bonchev–Trinajstić information content (AvgIpc) is 2.61. The monoisotopic (exact) mass is 340 g/mol. The van der Waals surface area contributed by atoms with Crippen molar-refractivity contribution in [1.82, 2.24) is 5.32 Å². The second-order valence-corrected chi connectivity index (χ2v) is 5.97. The molecule has 2 amide bonds. The van der Waals surface area contributed by atoms with Gasteiger partial charge in [0.15, 0.2) is 0 Å². The Kier molecular flexibility index (Phi) is 5.54. The van der Waals surface area contributed by atoms with Gasteiger partial charge in [0.05, 0.1) is 7.11 Å². The second-order valence-electron chi connectivity index (χ2n) is 5.97. The molecular weight excluding hydrogens is 320 g/mol. The van der Waals surface area contributed by atoms with E-state index in [0.29, 0.717) is 16.8 Å². The van der Waals surface area contributed by atoms with Crippen molar-refractivity contribution in [3.05, 3.63) is 65.7 Å². The lowest BCUT2D eigenvalue weighted by Gasteiger charge is -2.23. The van der Waals surface area contributed by atoms with E-state index in [2.05, 4.69) is 15.4 Å². The highest BCUT2D eigenvalue weighted by Gasteiger charge is 2.30. The Morgan fingerprint density at radius 1 is 0.840 bits per heavy atom. The van der Waals surface area contributed by atoms with E-state index in [1.165, 1.54) is 7.11 Å². The maximum atomic E-state index is 12.2. The van der Waals surface area contributed by atoms with Crippen molar-refractivity contribution < 1.29 is 19.1 Å². The van der Waals surface area contributed by atoms with Crippen LogP contribution in [0.1, 0.15) is 34.6 Å². The van der Waals surface area contributed by atoms with Crippen LogP contribution in [0, 0.1) is 0 Å². The van der Waals surface area contributed by atoms with Crippen LogP contribution in [0.5, 0.6) is 0 Å². The minimum atomic E-state index is -1.13. The first kappa shape index (κ1) is 18.2. The largest absolute Gasteiger partial charge is 0.467 e. The summed E-state index contributed by atoms with van der Waals surface area (Å²) in [5, 5.41) is 5.36. The maximum Gasteiger partial charge on any atom is 0.330 e. The first-order valence-corrected chi connectivity index (χ1v) is 7.71. The molecular formula is C19H20N2O4. The number of carbonyl (C=O) groups excluding carboxylic acids is 3. The van der Waals surface area contributed by atoms with Crippen LogP contribution in [-0.2, 0) is 9.53 Å². The third-order valence-corrected chi connectivity index (χ3v) is 3.56. The van der Waals surface area contributed by atoms with Crippen LogP contribution in [-0.4, -0.2) is 30.4 Å². The maximum absolute atomic E-state index is 12.2. The lowest BCUT2D eigenvalue weighted by Crippen LogP contribution is -2.50. The van der Waals surface area contributed by atoms with E-state index in [1.54, 1.807) is 62.4 Å². The Balaban J connectivity index is 2.03. The van der Waals surface area contributed by atoms with Crippen LogP contribution in [0.4, 0.5) is 5.69 Å². The number of amides is 2. The summed E-state index contributed by atoms with van der Waals surface area (Å²) in [6.45, 7) is 3.12. The van der Waals surface area contributed by atoms with E-state index in [9.17, 15) is 14.4 Å². The highest BCUT2D eigenvalue weighted by Crippen LogP contribution is 2.13. The quantitative estimate of drug-likeness (QED) is 0.820. The fourth-order valence-corrected chi connectivity index (χ4v) is 2.16. The van der Waals surface area contributed by atoms with Gasteiger partial charge in [0.1, 0.15) is 5.54 Å². The third-order valence-electron chi connectivity index (χ3n) is 3.56. The first-order valence-electron chi connectivity index (χ1n) is 7.71. The summed E-state index contributed by atoms with van der Waals surface area (Å²) in [4.78, 5) is 35.9. The summed E-state index contributed by atoms with van der Waals surface area (Å²) in [6.07, 6.45) is 0. The van der Waals surface area contributed by atoms with Crippen molar-refractivity contribution in [2.75, 3.05) is 12.4 Å². The van der Waals surface area contributed by atoms with Crippen molar-refractivity contribution in [2.45, 2.75) is 19.4 Å². The van der Waals surface area contributed by atoms with Crippen molar-refractivity contribution >= 4 is 23.5 Å². The van der Waals surface area contributed by atoms with E-state index in [1.807, 2.05) is 6.07 Å². The number of hydrogen-bond acceptors (Lipinski definition) is 4. The molecule has 0 saturated heterocycles. The summed E-state index contributed by atoms with van der Waals surface area (Å²) in [5.74, 6) is -1.17. The molecule has 2 aromatic carbocycles. The number of ether oxygens (including phenoxy) is 1. The van der Waals surface area contributed by atoms with E-state index in [4.69, 9.17) is 0 Å². The molecule has 0 spiro atoms. The van der Waals surface area contributed by atoms with Crippen molar-refractivity contribution in [1.29, 1.82) is 0 Å². The van der Waals surface area contributed by atoms with Gasteiger partial charge in [-0.15, -0.1) is 0 Å². The number of carbonyl (C=O) groups is 3.